The molecule has 2 fully saturated rings. The zero-order valence-corrected chi connectivity index (χ0v) is 17.1. The average Bonchev–Trinajstić information content (AvgIpc) is 3.08. The number of aldehydes is 1. The number of nitrogens with zero attached hydrogens (tertiary/aromatic N) is 2. The zero-order chi connectivity index (χ0) is 20.4. The van der Waals surface area contributed by atoms with Crippen LogP contribution in [0.1, 0.15) is 56.1 Å². The Morgan fingerprint density at radius 1 is 1.14 bits per heavy atom. The SMILES string of the molecule is CCOC(=O)N1CCC(N2CCC3(CC2)CC(C(=O)C=O)c2ccccc23)CC1. The molecule has 156 valence electrons. The van der Waals surface area contributed by atoms with Gasteiger partial charge in [-0.2, -0.15) is 0 Å². The van der Waals surface area contributed by atoms with Crippen molar-refractivity contribution in [2.24, 2.45) is 0 Å². The van der Waals surface area contributed by atoms with E-state index < -0.39 is 0 Å². The highest BCUT2D eigenvalue weighted by Crippen LogP contribution is 2.52. The van der Waals surface area contributed by atoms with E-state index in [1.165, 1.54) is 5.56 Å². The van der Waals surface area contributed by atoms with Crippen LogP contribution in [0.15, 0.2) is 24.3 Å². The second-order valence-electron chi connectivity index (χ2n) is 8.60. The number of fused-ring (bicyclic) bond motifs is 2. The van der Waals surface area contributed by atoms with Gasteiger partial charge in [0, 0.05) is 19.1 Å². The number of hydrogen-bond donors (Lipinski definition) is 0. The molecule has 2 aliphatic heterocycles. The van der Waals surface area contributed by atoms with Gasteiger partial charge in [0.25, 0.3) is 0 Å². The van der Waals surface area contributed by atoms with Crippen molar-refractivity contribution in [1.29, 1.82) is 0 Å². The molecule has 1 aromatic rings. The van der Waals surface area contributed by atoms with Crippen molar-refractivity contribution in [1.82, 2.24) is 9.80 Å². The summed E-state index contributed by atoms with van der Waals surface area (Å²) in [5.41, 5.74) is 2.35. The monoisotopic (exact) mass is 398 g/mol. The average molecular weight is 399 g/mol. The lowest BCUT2D eigenvalue weighted by Gasteiger charge is -2.45. The quantitative estimate of drug-likeness (QED) is 0.576. The molecule has 2 saturated heterocycles. The minimum atomic E-state index is -0.289. The number of amides is 1. The number of hydrogen-bond acceptors (Lipinski definition) is 5. The second kappa shape index (κ2) is 8.27. The molecule has 4 rings (SSSR count). The van der Waals surface area contributed by atoms with E-state index in [2.05, 4.69) is 11.0 Å². The summed E-state index contributed by atoms with van der Waals surface area (Å²) >= 11 is 0. The molecule has 1 amide bonds. The topological polar surface area (TPSA) is 66.9 Å². The predicted octanol–water partition coefficient (Wildman–Crippen LogP) is 2.90. The van der Waals surface area contributed by atoms with Crippen LogP contribution in [0.4, 0.5) is 4.79 Å². The van der Waals surface area contributed by atoms with Crippen molar-refractivity contribution in [3.05, 3.63) is 35.4 Å². The fourth-order valence-corrected chi connectivity index (χ4v) is 5.65. The summed E-state index contributed by atoms with van der Waals surface area (Å²) in [6.45, 7) is 5.76. The fourth-order valence-electron chi connectivity index (χ4n) is 5.65. The Hall–Kier alpha value is -2.21. The molecular formula is C23H30N2O4. The second-order valence-corrected chi connectivity index (χ2v) is 8.60. The number of Topliss-reactive ketones (excluding diaryl/α,β-unsaturated/α-hetero) is 1. The molecule has 6 nitrogen and oxygen atoms in total. The first-order valence-electron chi connectivity index (χ1n) is 10.8. The van der Waals surface area contributed by atoms with Gasteiger partial charge in [0.2, 0.25) is 5.78 Å². The van der Waals surface area contributed by atoms with Crippen molar-refractivity contribution in [3.63, 3.8) is 0 Å². The van der Waals surface area contributed by atoms with Gasteiger partial charge in [0.1, 0.15) is 0 Å². The van der Waals surface area contributed by atoms with E-state index in [0.29, 0.717) is 18.9 Å². The lowest BCUT2D eigenvalue weighted by atomic mass is 9.72. The molecule has 6 heteroatoms. The maximum absolute atomic E-state index is 12.2. The van der Waals surface area contributed by atoms with Gasteiger partial charge in [0.05, 0.1) is 12.5 Å². The largest absolute Gasteiger partial charge is 0.450 e. The van der Waals surface area contributed by atoms with Crippen LogP contribution >= 0.6 is 0 Å². The zero-order valence-electron chi connectivity index (χ0n) is 17.1. The first-order chi connectivity index (χ1) is 14.1. The maximum atomic E-state index is 12.2. The van der Waals surface area contributed by atoms with Gasteiger partial charge < -0.3 is 14.5 Å². The Kier molecular flexibility index (Phi) is 5.72. The number of piperidine rings is 2. The first-order valence-corrected chi connectivity index (χ1v) is 10.8. The molecule has 0 bridgehead atoms. The molecule has 1 atom stereocenters. The summed E-state index contributed by atoms with van der Waals surface area (Å²) in [6.07, 6.45) is 5.06. The number of likely N-dealkylation sites (tertiary alicyclic amines) is 2. The van der Waals surface area contributed by atoms with Gasteiger partial charge in [-0.25, -0.2) is 4.79 Å². The van der Waals surface area contributed by atoms with Crippen LogP contribution < -0.4 is 0 Å². The van der Waals surface area contributed by atoms with Crippen molar-refractivity contribution >= 4 is 18.2 Å². The number of carbonyl (C=O) groups is 3. The minimum absolute atomic E-state index is 0.0159. The van der Waals surface area contributed by atoms with Crippen LogP contribution in [0.2, 0.25) is 0 Å². The van der Waals surface area contributed by atoms with E-state index >= 15 is 0 Å². The van der Waals surface area contributed by atoms with Gasteiger partial charge in [-0.15, -0.1) is 0 Å². The first kappa shape index (κ1) is 20.1. The van der Waals surface area contributed by atoms with E-state index in [1.807, 2.05) is 30.0 Å². The summed E-state index contributed by atoms with van der Waals surface area (Å²) < 4.78 is 5.12. The van der Waals surface area contributed by atoms with Crippen molar-refractivity contribution < 1.29 is 19.1 Å². The van der Waals surface area contributed by atoms with E-state index in [0.717, 1.165) is 63.8 Å². The van der Waals surface area contributed by atoms with Gasteiger partial charge in [0.15, 0.2) is 6.29 Å². The van der Waals surface area contributed by atoms with Gasteiger partial charge in [-0.1, -0.05) is 24.3 Å². The van der Waals surface area contributed by atoms with Crippen LogP contribution in [0, 0.1) is 0 Å². The Morgan fingerprint density at radius 3 is 2.48 bits per heavy atom. The predicted molar refractivity (Wildman–Crippen MR) is 109 cm³/mol. The number of ether oxygens (including phenoxy) is 1. The normalized spacial score (nSPS) is 24.3. The van der Waals surface area contributed by atoms with Crippen molar-refractivity contribution in [2.75, 3.05) is 32.8 Å². The summed E-state index contributed by atoms with van der Waals surface area (Å²) in [6, 6.07) is 8.69. The van der Waals surface area contributed by atoms with E-state index in [9.17, 15) is 14.4 Å². The maximum Gasteiger partial charge on any atom is 0.409 e. The van der Waals surface area contributed by atoms with Crippen LogP contribution in [-0.2, 0) is 19.7 Å². The Morgan fingerprint density at radius 2 is 1.83 bits per heavy atom. The summed E-state index contributed by atoms with van der Waals surface area (Å²) in [7, 11) is 0. The molecular weight excluding hydrogens is 368 g/mol. The fraction of sp³-hybridized carbons (Fsp3) is 0.609. The van der Waals surface area contributed by atoms with Crippen LogP contribution in [0.25, 0.3) is 0 Å². The third kappa shape index (κ3) is 3.70. The molecule has 0 saturated carbocycles. The highest BCUT2D eigenvalue weighted by atomic mass is 16.6. The number of benzene rings is 1. The highest BCUT2D eigenvalue weighted by molar-refractivity contribution is 6.28. The number of ketones is 1. The molecule has 1 aromatic carbocycles. The molecule has 3 aliphatic rings. The standard InChI is InChI=1S/C23H30N2O4/c1-2-29-22(28)25-11-7-17(8-12-25)24-13-9-23(10-14-24)15-19(21(27)16-26)18-5-3-4-6-20(18)23/h3-6,16-17,19H,2,7-15H2,1H3. The molecule has 1 unspecified atom stereocenters. The third-order valence-electron chi connectivity index (χ3n) is 7.22. The Labute approximate surface area is 172 Å². The smallest absolute Gasteiger partial charge is 0.409 e. The summed E-state index contributed by atoms with van der Waals surface area (Å²) in [5, 5.41) is 0. The van der Waals surface area contributed by atoms with Crippen molar-refractivity contribution in [2.45, 2.75) is 56.4 Å². The molecule has 0 N–H and O–H groups in total. The van der Waals surface area contributed by atoms with E-state index in [-0.39, 0.29) is 23.2 Å². The summed E-state index contributed by atoms with van der Waals surface area (Å²) in [5.74, 6) is -0.564. The highest BCUT2D eigenvalue weighted by Gasteiger charge is 2.47. The van der Waals surface area contributed by atoms with Gasteiger partial charge >= 0.3 is 6.09 Å². The lowest BCUT2D eigenvalue weighted by Crippen LogP contribution is -2.51. The molecule has 2 heterocycles. The van der Waals surface area contributed by atoms with E-state index in [4.69, 9.17) is 4.74 Å². The Bertz CT molecular complexity index is 777. The molecule has 29 heavy (non-hydrogen) atoms. The number of rotatable bonds is 4. The van der Waals surface area contributed by atoms with Crippen LogP contribution in [0.3, 0.4) is 0 Å². The molecule has 1 aliphatic carbocycles. The van der Waals surface area contributed by atoms with Crippen LogP contribution in [0.5, 0.6) is 0 Å². The van der Waals surface area contributed by atoms with Crippen LogP contribution in [-0.4, -0.2) is 66.8 Å². The Balaban J connectivity index is 1.39. The van der Waals surface area contributed by atoms with Crippen molar-refractivity contribution in [3.8, 4) is 0 Å². The minimum Gasteiger partial charge on any atom is -0.450 e. The van der Waals surface area contributed by atoms with E-state index in [1.54, 1.807) is 0 Å². The lowest BCUT2D eigenvalue weighted by molar-refractivity contribution is -0.131. The summed E-state index contributed by atoms with van der Waals surface area (Å²) in [4.78, 5) is 39.7. The molecule has 0 radical (unpaired) electrons. The molecule has 1 spiro atoms. The molecule has 0 aromatic heterocycles. The van der Waals surface area contributed by atoms with Gasteiger partial charge in [-0.3, -0.25) is 9.59 Å². The number of carbonyl (C=O) groups excluding carboxylic acids is 3. The van der Waals surface area contributed by atoms with Gasteiger partial charge in [-0.05, 0) is 68.7 Å². The third-order valence-corrected chi connectivity index (χ3v) is 7.22.